The molecular formula is C21H26N2O4S. The summed E-state index contributed by atoms with van der Waals surface area (Å²) in [6.07, 6.45) is 3.81. The van der Waals surface area contributed by atoms with E-state index in [0.717, 1.165) is 36.8 Å². The zero-order chi connectivity index (χ0) is 20.0. The molecule has 0 aromatic heterocycles. The largest absolute Gasteiger partial charge is 0.380 e. The van der Waals surface area contributed by atoms with Gasteiger partial charge in [-0.05, 0) is 42.2 Å². The molecule has 2 aromatic carbocycles. The van der Waals surface area contributed by atoms with Crippen molar-refractivity contribution in [1.29, 1.82) is 0 Å². The predicted molar refractivity (Wildman–Crippen MR) is 107 cm³/mol. The lowest BCUT2D eigenvalue weighted by molar-refractivity contribution is 0.0950. The van der Waals surface area contributed by atoms with E-state index in [2.05, 4.69) is 10.0 Å². The topological polar surface area (TPSA) is 84.5 Å². The highest BCUT2D eigenvalue weighted by molar-refractivity contribution is 7.89. The Morgan fingerprint density at radius 3 is 2.54 bits per heavy atom. The molecule has 0 radical (unpaired) electrons. The molecule has 3 rings (SSSR count). The van der Waals surface area contributed by atoms with Crippen LogP contribution in [0, 0.1) is 0 Å². The van der Waals surface area contributed by atoms with Crippen LogP contribution >= 0.6 is 0 Å². The van der Waals surface area contributed by atoms with Crippen molar-refractivity contribution < 1.29 is 17.9 Å². The van der Waals surface area contributed by atoms with Crippen molar-refractivity contribution >= 4 is 15.9 Å². The van der Waals surface area contributed by atoms with E-state index in [1.807, 2.05) is 24.3 Å². The number of ether oxygens (including phenoxy) is 1. The Morgan fingerprint density at radius 1 is 1.07 bits per heavy atom. The molecule has 7 heteroatoms. The lowest BCUT2D eigenvalue weighted by atomic mass is 10.1. The molecule has 150 valence electrons. The Balaban J connectivity index is 1.65. The predicted octanol–water partition coefficient (Wildman–Crippen LogP) is 2.98. The smallest absolute Gasteiger partial charge is 0.251 e. The number of amides is 1. The zero-order valence-electron chi connectivity index (χ0n) is 16.0. The molecule has 2 N–H and O–H groups in total. The van der Waals surface area contributed by atoms with Crippen LogP contribution in [0.15, 0.2) is 53.4 Å². The van der Waals surface area contributed by atoms with Crippen LogP contribution in [0.3, 0.4) is 0 Å². The monoisotopic (exact) mass is 402 g/mol. The first kappa shape index (κ1) is 20.5. The molecule has 0 bridgehead atoms. The second kappa shape index (κ2) is 9.32. The van der Waals surface area contributed by atoms with Crippen LogP contribution in [0.1, 0.15) is 47.2 Å². The molecule has 0 saturated heterocycles. The number of benzene rings is 2. The fourth-order valence-corrected chi connectivity index (χ4v) is 4.77. The van der Waals surface area contributed by atoms with Gasteiger partial charge in [0.25, 0.3) is 5.91 Å². The van der Waals surface area contributed by atoms with Gasteiger partial charge < -0.3 is 10.1 Å². The summed E-state index contributed by atoms with van der Waals surface area (Å²) in [5, 5.41) is 2.84. The Labute approximate surface area is 166 Å². The minimum atomic E-state index is -3.62. The Kier molecular flexibility index (Phi) is 6.83. The van der Waals surface area contributed by atoms with Gasteiger partial charge in [-0.25, -0.2) is 13.1 Å². The van der Waals surface area contributed by atoms with Crippen molar-refractivity contribution in [3.05, 3.63) is 65.2 Å². The molecule has 28 heavy (non-hydrogen) atoms. The molecule has 2 aromatic rings. The van der Waals surface area contributed by atoms with E-state index < -0.39 is 10.0 Å². The molecule has 1 aliphatic carbocycles. The average molecular weight is 403 g/mol. The van der Waals surface area contributed by atoms with Crippen LogP contribution < -0.4 is 10.0 Å². The van der Waals surface area contributed by atoms with E-state index in [0.29, 0.717) is 18.7 Å². The van der Waals surface area contributed by atoms with Crippen LogP contribution in [-0.2, 0) is 27.9 Å². The van der Waals surface area contributed by atoms with Crippen LogP contribution in [0.2, 0.25) is 0 Å². The summed E-state index contributed by atoms with van der Waals surface area (Å²) < 4.78 is 33.0. The minimum absolute atomic E-state index is 0.0122. The van der Waals surface area contributed by atoms with Gasteiger partial charge >= 0.3 is 0 Å². The van der Waals surface area contributed by atoms with Crippen LogP contribution in [0.5, 0.6) is 0 Å². The third-order valence-electron chi connectivity index (χ3n) is 4.84. The van der Waals surface area contributed by atoms with E-state index in [1.54, 1.807) is 19.2 Å². The van der Waals surface area contributed by atoms with E-state index in [4.69, 9.17) is 4.74 Å². The number of rotatable bonds is 8. The van der Waals surface area contributed by atoms with Crippen molar-refractivity contribution in [1.82, 2.24) is 10.0 Å². The lowest BCUT2D eigenvalue weighted by Crippen LogP contribution is -2.32. The van der Waals surface area contributed by atoms with Gasteiger partial charge in [-0.1, -0.05) is 43.2 Å². The highest BCUT2D eigenvalue weighted by Crippen LogP contribution is 2.21. The van der Waals surface area contributed by atoms with Gasteiger partial charge in [0.2, 0.25) is 10.0 Å². The number of hydrogen-bond acceptors (Lipinski definition) is 4. The maximum absolute atomic E-state index is 12.6. The zero-order valence-corrected chi connectivity index (χ0v) is 16.8. The van der Waals surface area contributed by atoms with Gasteiger partial charge in [-0.3, -0.25) is 4.79 Å². The molecule has 0 aliphatic heterocycles. The van der Waals surface area contributed by atoms with Crippen molar-refractivity contribution in [3.8, 4) is 0 Å². The van der Waals surface area contributed by atoms with Crippen molar-refractivity contribution in [2.75, 3.05) is 7.11 Å². The highest BCUT2D eigenvalue weighted by Gasteiger charge is 2.23. The molecule has 0 unspecified atom stereocenters. The third kappa shape index (κ3) is 5.41. The van der Waals surface area contributed by atoms with Crippen LogP contribution in [0.4, 0.5) is 0 Å². The van der Waals surface area contributed by atoms with E-state index in [9.17, 15) is 13.2 Å². The first-order valence-electron chi connectivity index (χ1n) is 9.45. The second-order valence-corrected chi connectivity index (χ2v) is 8.78. The summed E-state index contributed by atoms with van der Waals surface area (Å²) in [4.78, 5) is 12.6. The number of methoxy groups -OCH3 is 1. The molecule has 1 saturated carbocycles. The highest BCUT2D eigenvalue weighted by atomic mass is 32.2. The minimum Gasteiger partial charge on any atom is -0.380 e. The maximum Gasteiger partial charge on any atom is 0.251 e. The van der Waals surface area contributed by atoms with E-state index in [1.165, 1.54) is 12.1 Å². The first-order chi connectivity index (χ1) is 13.5. The summed E-state index contributed by atoms with van der Waals surface area (Å²) >= 11 is 0. The van der Waals surface area contributed by atoms with E-state index >= 15 is 0 Å². The van der Waals surface area contributed by atoms with Gasteiger partial charge in [0.15, 0.2) is 0 Å². The number of carbonyl (C=O) groups is 1. The summed E-state index contributed by atoms with van der Waals surface area (Å²) in [7, 11) is -1.99. The van der Waals surface area contributed by atoms with Crippen molar-refractivity contribution in [2.45, 2.75) is 49.8 Å². The van der Waals surface area contributed by atoms with Gasteiger partial charge in [-0.15, -0.1) is 0 Å². The second-order valence-electron chi connectivity index (χ2n) is 7.07. The molecule has 1 fully saturated rings. The average Bonchev–Trinajstić information content (AvgIpc) is 3.19. The number of carbonyl (C=O) groups excluding carboxylic acids is 1. The standard InChI is InChI=1S/C21H26N2O4S/c1-27-15-17-7-4-6-16(12-17)14-22-21(24)18-8-5-11-20(13-18)28(25,26)23-19-9-2-3-10-19/h4-8,11-13,19,23H,2-3,9-10,14-15H2,1H3,(H,22,24). The van der Waals surface area contributed by atoms with Crippen molar-refractivity contribution in [2.24, 2.45) is 0 Å². The molecule has 0 atom stereocenters. The molecule has 1 aliphatic rings. The summed E-state index contributed by atoms with van der Waals surface area (Å²) in [6, 6.07) is 13.9. The summed E-state index contributed by atoms with van der Waals surface area (Å²) in [5.41, 5.74) is 2.30. The normalized spacial score (nSPS) is 14.9. The van der Waals surface area contributed by atoms with Gasteiger partial charge in [0.05, 0.1) is 11.5 Å². The fraction of sp³-hybridized carbons (Fsp3) is 0.381. The number of hydrogen-bond donors (Lipinski definition) is 2. The molecular weight excluding hydrogens is 376 g/mol. The molecule has 0 heterocycles. The van der Waals surface area contributed by atoms with Gasteiger partial charge in [-0.2, -0.15) is 0 Å². The number of nitrogens with one attached hydrogen (secondary N) is 2. The van der Waals surface area contributed by atoms with Crippen molar-refractivity contribution in [3.63, 3.8) is 0 Å². The van der Waals surface area contributed by atoms with E-state index in [-0.39, 0.29) is 16.8 Å². The van der Waals surface area contributed by atoms with Crippen LogP contribution in [0.25, 0.3) is 0 Å². The quantitative estimate of drug-likeness (QED) is 0.711. The molecule has 6 nitrogen and oxygen atoms in total. The first-order valence-corrected chi connectivity index (χ1v) is 10.9. The van der Waals surface area contributed by atoms with Gasteiger partial charge in [0, 0.05) is 25.3 Å². The SMILES string of the molecule is COCc1cccc(CNC(=O)c2cccc(S(=O)(=O)NC3CCCC3)c2)c1. The summed E-state index contributed by atoms with van der Waals surface area (Å²) in [6.45, 7) is 0.864. The maximum atomic E-state index is 12.6. The van der Waals surface area contributed by atoms with Gasteiger partial charge in [0.1, 0.15) is 0 Å². The third-order valence-corrected chi connectivity index (χ3v) is 6.36. The Bertz CT molecular complexity index is 922. The Morgan fingerprint density at radius 2 is 1.79 bits per heavy atom. The molecule has 1 amide bonds. The Hall–Kier alpha value is -2.22. The fourth-order valence-electron chi connectivity index (χ4n) is 3.42. The number of sulfonamides is 1. The van der Waals surface area contributed by atoms with Crippen LogP contribution in [-0.4, -0.2) is 27.5 Å². The molecule has 0 spiro atoms. The lowest BCUT2D eigenvalue weighted by Gasteiger charge is -2.13. The summed E-state index contributed by atoms with van der Waals surface area (Å²) in [5.74, 6) is -0.310.